The third-order valence-corrected chi connectivity index (χ3v) is 6.40. The van der Waals surface area contributed by atoms with Gasteiger partial charge in [0.1, 0.15) is 12.7 Å². The van der Waals surface area contributed by atoms with Crippen LogP contribution in [0.15, 0.2) is 41.5 Å². The summed E-state index contributed by atoms with van der Waals surface area (Å²) in [5, 5.41) is 3.75. The van der Waals surface area contributed by atoms with Crippen LogP contribution < -0.4 is 4.74 Å². The molecule has 2 aliphatic heterocycles. The summed E-state index contributed by atoms with van der Waals surface area (Å²) in [5.41, 5.74) is 2.50. The minimum absolute atomic E-state index is 0.0609. The van der Waals surface area contributed by atoms with Crippen molar-refractivity contribution in [3.05, 3.63) is 58.2 Å². The lowest BCUT2D eigenvalue weighted by Crippen LogP contribution is -2.49. The molecule has 5 rings (SSSR count). The highest BCUT2D eigenvalue weighted by molar-refractivity contribution is 7.08. The molecule has 0 saturated carbocycles. The highest BCUT2D eigenvalue weighted by atomic mass is 32.1. The predicted molar refractivity (Wildman–Crippen MR) is 113 cm³/mol. The van der Waals surface area contributed by atoms with Crippen LogP contribution in [0.5, 0.6) is 5.88 Å². The lowest BCUT2D eigenvalue weighted by atomic mass is 9.99. The molecule has 0 bridgehead atoms. The molecule has 1 amide bonds. The van der Waals surface area contributed by atoms with Gasteiger partial charge < -0.3 is 14.4 Å². The largest absolute Gasteiger partial charge is 0.472 e. The fourth-order valence-electron chi connectivity index (χ4n) is 3.96. The van der Waals surface area contributed by atoms with Crippen LogP contribution in [0.2, 0.25) is 0 Å². The van der Waals surface area contributed by atoms with Gasteiger partial charge in [0.2, 0.25) is 5.88 Å². The fourth-order valence-corrected chi connectivity index (χ4v) is 4.76. The van der Waals surface area contributed by atoms with Crippen molar-refractivity contribution < 1.29 is 19.1 Å². The lowest BCUT2D eigenvalue weighted by Gasteiger charge is -2.38. The molecule has 1 saturated heterocycles. The standard InChI is InChI=1S/C22H20N4O4S/c1-13-3-4-14(30-20-16-10-29-22(28)15(16)5-8-25-20)9-26(13)21(27)18-12-31-11-17(18)19-23-6-2-7-24-19/h2,5-8,11-14H,3-4,9-10H2,1H3/t13-,14-/m1/s1. The summed E-state index contributed by atoms with van der Waals surface area (Å²) in [6.45, 7) is 2.65. The quantitative estimate of drug-likeness (QED) is 0.579. The second-order valence-corrected chi connectivity index (χ2v) is 8.36. The minimum atomic E-state index is -0.357. The molecule has 0 aromatic carbocycles. The van der Waals surface area contributed by atoms with E-state index in [1.807, 2.05) is 22.6 Å². The van der Waals surface area contributed by atoms with Crippen molar-refractivity contribution in [2.45, 2.75) is 38.5 Å². The number of thiophene rings is 1. The molecule has 0 unspecified atom stereocenters. The smallest absolute Gasteiger partial charge is 0.339 e. The van der Waals surface area contributed by atoms with E-state index in [-0.39, 0.29) is 30.6 Å². The Morgan fingerprint density at radius 1 is 1.16 bits per heavy atom. The first-order valence-corrected chi connectivity index (χ1v) is 11.0. The number of likely N-dealkylation sites (tertiary alicyclic amines) is 1. The molecule has 9 heteroatoms. The van der Waals surface area contributed by atoms with Crippen LogP contribution in [0.25, 0.3) is 11.4 Å². The Kier molecular flexibility index (Phi) is 5.11. The number of carbonyl (C=O) groups excluding carboxylic acids is 2. The second kappa shape index (κ2) is 8.07. The molecule has 0 aliphatic carbocycles. The number of fused-ring (bicyclic) bond motifs is 1. The van der Waals surface area contributed by atoms with Crippen LogP contribution >= 0.6 is 11.3 Å². The Bertz CT molecular complexity index is 1130. The molecule has 1 fully saturated rings. The van der Waals surface area contributed by atoms with Crippen molar-refractivity contribution in [2.75, 3.05) is 6.54 Å². The maximum absolute atomic E-state index is 13.4. The molecule has 2 atom stereocenters. The van der Waals surface area contributed by atoms with Crippen molar-refractivity contribution >= 4 is 23.2 Å². The van der Waals surface area contributed by atoms with E-state index in [9.17, 15) is 9.59 Å². The maximum atomic E-state index is 13.4. The van der Waals surface area contributed by atoms with E-state index < -0.39 is 0 Å². The normalized spacial score (nSPS) is 20.3. The van der Waals surface area contributed by atoms with E-state index >= 15 is 0 Å². The summed E-state index contributed by atoms with van der Waals surface area (Å²) >= 11 is 1.46. The average Bonchev–Trinajstić information content (AvgIpc) is 3.43. The molecule has 0 radical (unpaired) electrons. The Balaban J connectivity index is 1.36. The first-order valence-electron chi connectivity index (χ1n) is 10.1. The predicted octanol–water partition coefficient (Wildman–Crippen LogP) is 3.34. The van der Waals surface area contributed by atoms with Crippen molar-refractivity contribution in [2.24, 2.45) is 0 Å². The number of carbonyl (C=O) groups is 2. The first-order chi connectivity index (χ1) is 15.1. The van der Waals surface area contributed by atoms with E-state index in [1.54, 1.807) is 30.7 Å². The van der Waals surface area contributed by atoms with Crippen LogP contribution in [0.1, 0.15) is 46.0 Å². The van der Waals surface area contributed by atoms with Gasteiger partial charge in [-0.25, -0.2) is 19.7 Å². The molecule has 3 aromatic rings. The molecule has 158 valence electrons. The van der Waals surface area contributed by atoms with E-state index in [1.165, 1.54) is 11.3 Å². The number of nitrogens with zero attached hydrogens (tertiary/aromatic N) is 4. The molecule has 0 spiro atoms. The SMILES string of the molecule is C[C@@H]1CC[C@@H](Oc2nccc3c2COC3=O)CN1C(=O)c1cscc1-c1ncccn1. The molecular formula is C22H20N4O4S. The Morgan fingerprint density at radius 2 is 2.00 bits per heavy atom. The monoisotopic (exact) mass is 436 g/mol. The summed E-state index contributed by atoms with van der Waals surface area (Å²) in [5.74, 6) is 0.529. The number of rotatable bonds is 4. The molecule has 8 nitrogen and oxygen atoms in total. The summed E-state index contributed by atoms with van der Waals surface area (Å²) < 4.78 is 11.2. The zero-order chi connectivity index (χ0) is 21.4. The van der Waals surface area contributed by atoms with Crippen LogP contribution in [-0.4, -0.2) is 50.4 Å². The lowest BCUT2D eigenvalue weighted by molar-refractivity contribution is 0.0364. The van der Waals surface area contributed by atoms with Gasteiger partial charge in [0, 0.05) is 41.0 Å². The second-order valence-electron chi connectivity index (χ2n) is 7.61. The number of ether oxygens (including phenoxy) is 2. The fraction of sp³-hybridized carbons (Fsp3) is 0.318. The third-order valence-electron chi connectivity index (χ3n) is 5.66. The highest BCUT2D eigenvalue weighted by Gasteiger charge is 2.34. The summed E-state index contributed by atoms with van der Waals surface area (Å²) in [6.07, 6.45) is 6.27. The van der Waals surface area contributed by atoms with Gasteiger partial charge in [-0.3, -0.25) is 4.79 Å². The number of pyridine rings is 1. The minimum Gasteiger partial charge on any atom is -0.472 e. The molecule has 31 heavy (non-hydrogen) atoms. The van der Waals surface area contributed by atoms with Gasteiger partial charge in [-0.1, -0.05) is 0 Å². The van der Waals surface area contributed by atoms with Crippen molar-refractivity contribution in [3.8, 4) is 17.3 Å². The Morgan fingerprint density at radius 3 is 2.84 bits per heavy atom. The number of amides is 1. The van der Waals surface area contributed by atoms with E-state index in [0.29, 0.717) is 34.9 Å². The Hall–Kier alpha value is -3.33. The highest BCUT2D eigenvalue weighted by Crippen LogP contribution is 2.31. The van der Waals surface area contributed by atoms with Crippen LogP contribution in [-0.2, 0) is 11.3 Å². The van der Waals surface area contributed by atoms with Crippen LogP contribution in [0.4, 0.5) is 0 Å². The topological polar surface area (TPSA) is 94.5 Å². The molecule has 0 N–H and O–H groups in total. The van der Waals surface area contributed by atoms with Gasteiger partial charge in [-0.05, 0) is 31.9 Å². The van der Waals surface area contributed by atoms with E-state index in [0.717, 1.165) is 18.4 Å². The summed E-state index contributed by atoms with van der Waals surface area (Å²) in [6, 6.07) is 3.47. The third kappa shape index (κ3) is 3.65. The summed E-state index contributed by atoms with van der Waals surface area (Å²) in [4.78, 5) is 40.0. The maximum Gasteiger partial charge on any atom is 0.339 e. The van der Waals surface area contributed by atoms with Gasteiger partial charge >= 0.3 is 5.97 Å². The van der Waals surface area contributed by atoms with Gasteiger partial charge in [-0.15, -0.1) is 0 Å². The van der Waals surface area contributed by atoms with Gasteiger partial charge in [0.15, 0.2) is 5.82 Å². The van der Waals surface area contributed by atoms with Gasteiger partial charge in [0.05, 0.1) is 23.2 Å². The van der Waals surface area contributed by atoms with Crippen molar-refractivity contribution in [1.29, 1.82) is 0 Å². The van der Waals surface area contributed by atoms with E-state index in [2.05, 4.69) is 15.0 Å². The molecule has 2 aliphatic rings. The molecule has 5 heterocycles. The number of hydrogen-bond acceptors (Lipinski definition) is 8. The number of esters is 1. The average molecular weight is 436 g/mol. The van der Waals surface area contributed by atoms with Crippen LogP contribution in [0.3, 0.4) is 0 Å². The first kappa shape index (κ1) is 19.6. The van der Waals surface area contributed by atoms with E-state index in [4.69, 9.17) is 9.47 Å². The zero-order valence-electron chi connectivity index (χ0n) is 16.9. The molecular weight excluding hydrogens is 416 g/mol. The number of cyclic esters (lactones) is 1. The van der Waals surface area contributed by atoms with Crippen molar-refractivity contribution in [3.63, 3.8) is 0 Å². The van der Waals surface area contributed by atoms with Gasteiger partial charge in [-0.2, -0.15) is 11.3 Å². The zero-order valence-corrected chi connectivity index (χ0v) is 17.7. The van der Waals surface area contributed by atoms with Crippen LogP contribution in [0, 0.1) is 0 Å². The van der Waals surface area contributed by atoms with Gasteiger partial charge in [0.25, 0.3) is 5.91 Å². The number of hydrogen-bond donors (Lipinski definition) is 0. The number of piperidine rings is 1. The number of aromatic nitrogens is 3. The van der Waals surface area contributed by atoms with Crippen molar-refractivity contribution in [1.82, 2.24) is 19.9 Å². The summed E-state index contributed by atoms with van der Waals surface area (Å²) in [7, 11) is 0. The molecule has 3 aromatic heterocycles. The Labute approximate surface area is 182 Å².